The molecule has 0 aromatic heterocycles. The predicted octanol–water partition coefficient (Wildman–Crippen LogP) is 0.370. The van der Waals surface area contributed by atoms with Gasteiger partial charge in [0.2, 0.25) is 0 Å². The van der Waals surface area contributed by atoms with Crippen molar-refractivity contribution in [1.29, 1.82) is 0 Å². The highest BCUT2D eigenvalue weighted by atomic mass is 16.2. The Kier molecular flexibility index (Phi) is 0.847. The Morgan fingerprint density at radius 1 is 1.00 bits per heavy atom. The number of carbonyl (C=O) groups is 3. The normalized spacial score (nSPS) is 17.5. The number of Topliss-reactive ketones (excluding diaryl/α,β-unsaturated/α-hetero) is 1. The molecule has 62 valence electrons. The first-order valence-electron chi connectivity index (χ1n) is 3.78. The van der Waals surface area contributed by atoms with Crippen LogP contribution in [-0.4, -0.2) is 17.6 Å². The van der Waals surface area contributed by atoms with Crippen LogP contribution in [0.3, 0.4) is 0 Å². The van der Waals surface area contributed by atoms with Gasteiger partial charge in [0.25, 0.3) is 11.7 Å². The highest BCUT2D eigenvalue weighted by Gasteiger charge is 2.48. The Balaban J connectivity index is 2.48. The number of anilines is 1. The van der Waals surface area contributed by atoms with Gasteiger partial charge in [-0.1, -0.05) is 6.07 Å². The van der Waals surface area contributed by atoms with E-state index in [-0.39, 0.29) is 11.5 Å². The van der Waals surface area contributed by atoms with E-state index in [1.54, 1.807) is 18.2 Å². The Hall–Kier alpha value is -1.97. The Labute approximate surface area is 72.8 Å². The number of carbonyl (C=O) groups excluding carboxylic acids is 3. The molecule has 0 aliphatic carbocycles. The SMILES string of the molecule is O=C1C(=O)N2C(=O)c3cccc2c31. The van der Waals surface area contributed by atoms with Crippen LogP contribution in [0.15, 0.2) is 18.2 Å². The fourth-order valence-electron chi connectivity index (χ4n) is 1.78. The molecular weight excluding hydrogens is 170 g/mol. The summed E-state index contributed by atoms with van der Waals surface area (Å²) in [4.78, 5) is 34.8. The molecule has 3 rings (SSSR count). The molecule has 0 unspecified atom stereocenters. The van der Waals surface area contributed by atoms with Gasteiger partial charge in [0.1, 0.15) is 0 Å². The van der Waals surface area contributed by atoms with Gasteiger partial charge in [-0.2, -0.15) is 0 Å². The fourth-order valence-corrected chi connectivity index (χ4v) is 1.78. The molecule has 2 amide bonds. The minimum atomic E-state index is -0.723. The number of benzene rings is 1. The molecule has 0 fully saturated rings. The maximum absolute atomic E-state index is 11.4. The van der Waals surface area contributed by atoms with Crippen LogP contribution in [0.1, 0.15) is 20.7 Å². The lowest BCUT2D eigenvalue weighted by Crippen LogP contribution is -2.37. The van der Waals surface area contributed by atoms with Crippen molar-refractivity contribution in [2.45, 2.75) is 0 Å². The molecule has 0 spiro atoms. The molecule has 0 saturated heterocycles. The average Bonchev–Trinajstić information content (AvgIpc) is 2.45. The van der Waals surface area contributed by atoms with Crippen molar-refractivity contribution in [2.75, 3.05) is 4.90 Å². The van der Waals surface area contributed by atoms with Crippen molar-refractivity contribution < 1.29 is 14.4 Å². The second-order valence-electron chi connectivity index (χ2n) is 2.97. The summed E-state index contributed by atoms with van der Waals surface area (Å²) in [6.07, 6.45) is 0. The lowest BCUT2D eigenvalue weighted by atomic mass is 10.0. The highest BCUT2D eigenvalue weighted by Crippen LogP contribution is 2.38. The minimum Gasteiger partial charge on any atom is -0.283 e. The smallest absolute Gasteiger partial charge is 0.283 e. The quantitative estimate of drug-likeness (QED) is 0.420. The van der Waals surface area contributed by atoms with E-state index in [0.29, 0.717) is 11.3 Å². The molecule has 4 heteroatoms. The Bertz CT molecular complexity index is 490. The lowest BCUT2D eigenvalue weighted by Gasteiger charge is -2.09. The largest absolute Gasteiger partial charge is 0.306 e. The summed E-state index contributed by atoms with van der Waals surface area (Å²) in [7, 11) is 0. The second-order valence-corrected chi connectivity index (χ2v) is 2.97. The maximum atomic E-state index is 11.4. The topological polar surface area (TPSA) is 54.5 Å². The van der Waals surface area contributed by atoms with Crippen LogP contribution in [-0.2, 0) is 4.79 Å². The zero-order valence-corrected chi connectivity index (χ0v) is 6.40. The van der Waals surface area contributed by atoms with Gasteiger partial charge in [-0.05, 0) is 12.1 Å². The summed E-state index contributed by atoms with van der Waals surface area (Å²) in [6.45, 7) is 0. The molecule has 4 nitrogen and oxygen atoms in total. The molecule has 2 aliphatic heterocycles. The molecule has 1 aromatic rings. The lowest BCUT2D eigenvalue weighted by molar-refractivity contribution is -0.113. The van der Waals surface area contributed by atoms with Crippen molar-refractivity contribution in [3.8, 4) is 0 Å². The summed E-state index contributed by atoms with van der Waals surface area (Å²) < 4.78 is 0. The molecule has 0 N–H and O–H groups in total. The molecule has 2 aliphatic rings. The van der Waals surface area contributed by atoms with Crippen molar-refractivity contribution in [3.63, 3.8) is 0 Å². The van der Waals surface area contributed by atoms with E-state index >= 15 is 0 Å². The number of rotatable bonds is 0. The monoisotopic (exact) mass is 173 g/mol. The first-order chi connectivity index (χ1) is 6.22. The van der Waals surface area contributed by atoms with Gasteiger partial charge >= 0.3 is 5.91 Å². The third kappa shape index (κ3) is 0.498. The Morgan fingerprint density at radius 2 is 1.77 bits per heavy atom. The molecule has 0 radical (unpaired) electrons. The maximum Gasteiger partial charge on any atom is 0.306 e. The Morgan fingerprint density at radius 3 is 2.46 bits per heavy atom. The van der Waals surface area contributed by atoms with E-state index in [2.05, 4.69) is 0 Å². The van der Waals surface area contributed by atoms with E-state index in [0.717, 1.165) is 4.90 Å². The van der Waals surface area contributed by atoms with Gasteiger partial charge in [-0.3, -0.25) is 14.4 Å². The van der Waals surface area contributed by atoms with Crippen molar-refractivity contribution in [1.82, 2.24) is 0 Å². The summed E-state index contributed by atoms with van der Waals surface area (Å²) in [5.41, 5.74) is 1.07. The van der Waals surface area contributed by atoms with E-state index in [1.807, 2.05) is 0 Å². The van der Waals surface area contributed by atoms with Gasteiger partial charge in [0.05, 0.1) is 16.8 Å². The number of nitrogens with zero attached hydrogens (tertiary/aromatic N) is 1. The standard InChI is InChI=1S/C9H3NO3/c11-7-6-4-2-1-3-5(6)10(8(4)12)9(7)13/h1-3H. The molecular formula is C9H3NO3. The summed E-state index contributed by atoms with van der Waals surface area (Å²) in [5.74, 6) is -1.66. The first-order valence-corrected chi connectivity index (χ1v) is 3.78. The van der Waals surface area contributed by atoms with Gasteiger partial charge in [0, 0.05) is 0 Å². The van der Waals surface area contributed by atoms with Crippen LogP contribution in [0.4, 0.5) is 5.69 Å². The predicted molar refractivity (Wildman–Crippen MR) is 42.6 cm³/mol. The van der Waals surface area contributed by atoms with E-state index in [1.165, 1.54) is 0 Å². The van der Waals surface area contributed by atoms with Gasteiger partial charge < -0.3 is 0 Å². The number of imide groups is 1. The molecule has 0 saturated carbocycles. The van der Waals surface area contributed by atoms with Crippen molar-refractivity contribution in [2.24, 2.45) is 0 Å². The summed E-state index contributed by atoms with van der Waals surface area (Å²) in [6, 6.07) is 4.83. The van der Waals surface area contributed by atoms with E-state index in [9.17, 15) is 14.4 Å². The van der Waals surface area contributed by atoms with Crippen LogP contribution in [0.25, 0.3) is 0 Å². The van der Waals surface area contributed by atoms with Gasteiger partial charge in [0.15, 0.2) is 0 Å². The molecule has 1 aromatic carbocycles. The molecule has 0 atom stereocenters. The number of amides is 2. The minimum absolute atomic E-state index is 0.275. The molecule has 4 bridgehead atoms. The third-order valence-corrected chi connectivity index (χ3v) is 2.34. The van der Waals surface area contributed by atoms with Crippen LogP contribution in [0, 0.1) is 0 Å². The summed E-state index contributed by atoms with van der Waals surface area (Å²) >= 11 is 0. The average molecular weight is 173 g/mol. The van der Waals surface area contributed by atoms with E-state index < -0.39 is 11.7 Å². The molecule has 13 heavy (non-hydrogen) atoms. The number of ketones is 1. The highest BCUT2D eigenvalue weighted by molar-refractivity contribution is 6.61. The summed E-state index contributed by atoms with van der Waals surface area (Å²) in [5, 5.41) is 0. The van der Waals surface area contributed by atoms with Crippen LogP contribution in [0.5, 0.6) is 0 Å². The van der Waals surface area contributed by atoms with Crippen LogP contribution < -0.4 is 4.90 Å². The number of hydrogen-bond acceptors (Lipinski definition) is 3. The van der Waals surface area contributed by atoms with Crippen molar-refractivity contribution in [3.05, 3.63) is 29.3 Å². The van der Waals surface area contributed by atoms with E-state index in [4.69, 9.17) is 0 Å². The molecule has 2 heterocycles. The van der Waals surface area contributed by atoms with Crippen LogP contribution >= 0.6 is 0 Å². The zero-order valence-electron chi connectivity index (χ0n) is 6.40. The fraction of sp³-hybridized carbons (Fsp3) is 0. The zero-order chi connectivity index (χ0) is 9.16. The first kappa shape index (κ1) is 6.54. The second kappa shape index (κ2) is 1.69. The van der Waals surface area contributed by atoms with Gasteiger partial charge in [-0.25, -0.2) is 4.90 Å². The van der Waals surface area contributed by atoms with Crippen LogP contribution in [0.2, 0.25) is 0 Å². The van der Waals surface area contributed by atoms with Gasteiger partial charge in [-0.15, -0.1) is 0 Å². The van der Waals surface area contributed by atoms with Crippen molar-refractivity contribution >= 4 is 23.3 Å². The third-order valence-electron chi connectivity index (χ3n) is 2.34. The number of hydrogen-bond donors (Lipinski definition) is 0.